The Labute approximate surface area is 113 Å². The molecule has 3 amide bonds. The first-order valence-corrected chi connectivity index (χ1v) is 6.38. The minimum Gasteiger partial charge on any atom is -0.480 e. The maximum absolute atomic E-state index is 11.6. The number of carboxylic acids is 1. The van der Waals surface area contributed by atoms with Crippen molar-refractivity contribution in [2.24, 2.45) is 0 Å². The van der Waals surface area contributed by atoms with Gasteiger partial charge in [0.2, 0.25) is 5.91 Å². The van der Waals surface area contributed by atoms with Crippen LogP contribution in [0.3, 0.4) is 0 Å². The van der Waals surface area contributed by atoms with Crippen LogP contribution in [0, 0.1) is 0 Å². The number of carbonyl (C=O) groups excluding carboxylic acids is 2. The molecule has 0 aliphatic heterocycles. The quantitative estimate of drug-likeness (QED) is 0.540. The summed E-state index contributed by atoms with van der Waals surface area (Å²) in [5, 5.41) is 16.3. The summed E-state index contributed by atoms with van der Waals surface area (Å²) >= 11 is 0. The highest BCUT2D eigenvalue weighted by molar-refractivity contribution is 5.88. The Bertz CT molecular complexity index is 331. The molecule has 0 radical (unpaired) electrons. The van der Waals surface area contributed by atoms with Crippen molar-refractivity contribution in [2.45, 2.75) is 58.7 Å². The van der Waals surface area contributed by atoms with Gasteiger partial charge in [-0.1, -0.05) is 13.3 Å². The molecule has 2 unspecified atom stereocenters. The molecule has 0 aromatic heterocycles. The second-order valence-corrected chi connectivity index (χ2v) is 4.68. The van der Waals surface area contributed by atoms with Gasteiger partial charge in [0, 0.05) is 6.04 Å². The van der Waals surface area contributed by atoms with E-state index in [1.54, 1.807) is 0 Å². The van der Waals surface area contributed by atoms with Gasteiger partial charge in [0.25, 0.3) is 0 Å². The lowest BCUT2D eigenvalue weighted by atomic mass is 10.2. The van der Waals surface area contributed by atoms with E-state index >= 15 is 0 Å². The Balaban J connectivity index is 4.28. The van der Waals surface area contributed by atoms with Crippen molar-refractivity contribution in [1.29, 1.82) is 0 Å². The summed E-state index contributed by atoms with van der Waals surface area (Å²) in [4.78, 5) is 34.0. The lowest BCUT2D eigenvalue weighted by Gasteiger charge is -2.18. The molecule has 0 aliphatic rings. The van der Waals surface area contributed by atoms with Crippen LogP contribution < -0.4 is 16.0 Å². The molecule has 110 valence electrons. The van der Waals surface area contributed by atoms with Crippen LogP contribution in [0.25, 0.3) is 0 Å². The molecule has 7 nitrogen and oxygen atoms in total. The standard InChI is InChI=1S/C12H23N3O4/c1-5-6-9(11(17)18)15-12(19)14-8(4)10(16)13-7(2)3/h7-9H,5-6H2,1-4H3,(H,13,16)(H,17,18)(H2,14,15,19). The minimum absolute atomic E-state index is 0.0216. The maximum Gasteiger partial charge on any atom is 0.326 e. The number of urea groups is 1. The first kappa shape index (κ1) is 17.2. The number of carboxylic acid groups (broad SMARTS) is 1. The van der Waals surface area contributed by atoms with Gasteiger partial charge in [0.15, 0.2) is 0 Å². The van der Waals surface area contributed by atoms with Gasteiger partial charge >= 0.3 is 12.0 Å². The molecular weight excluding hydrogens is 250 g/mol. The Hall–Kier alpha value is -1.79. The van der Waals surface area contributed by atoms with Gasteiger partial charge in [-0.3, -0.25) is 4.79 Å². The first-order valence-electron chi connectivity index (χ1n) is 6.38. The predicted molar refractivity (Wildman–Crippen MR) is 70.7 cm³/mol. The molecule has 4 N–H and O–H groups in total. The molecule has 0 fully saturated rings. The van der Waals surface area contributed by atoms with Crippen LogP contribution in [-0.4, -0.2) is 41.1 Å². The molecule has 0 bridgehead atoms. The SMILES string of the molecule is CCCC(NC(=O)NC(C)C(=O)NC(C)C)C(=O)O. The van der Waals surface area contributed by atoms with E-state index < -0.39 is 24.1 Å². The van der Waals surface area contributed by atoms with Crippen LogP contribution in [0.4, 0.5) is 4.79 Å². The molecule has 0 saturated heterocycles. The highest BCUT2D eigenvalue weighted by Gasteiger charge is 2.21. The normalized spacial score (nSPS) is 13.5. The fourth-order valence-electron chi connectivity index (χ4n) is 1.42. The zero-order valence-corrected chi connectivity index (χ0v) is 11.8. The number of hydrogen-bond acceptors (Lipinski definition) is 3. The van der Waals surface area contributed by atoms with Crippen molar-refractivity contribution < 1.29 is 19.5 Å². The summed E-state index contributed by atoms with van der Waals surface area (Å²) < 4.78 is 0. The summed E-state index contributed by atoms with van der Waals surface area (Å²) in [5.74, 6) is -1.40. The highest BCUT2D eigenvalue weighted by atomic mass is 16.4. The largest absolute Gasteiger partial charge is 0.480 e. The summed E-state index contributed by atoms with van der Waals surface area (Å²) in [6, 6.07) is -2.34. The van der Waals surface area contributed by atoms with Crippen molar-refractivity contribution in [3.05, 3.63) is 0 Å². The Morgan fingerprint density at radius 1 is 1.05 bits per heavy atom. The minimum atomic E-state index is -1.09. The molecule has 0 aliphatic carbocycles. The topological polar surface area (TPSA) is 108 Å². The predicted octanol–water partition coefficient (Wildman–Crippen LogP) is 0.452. The first-order chi connectivity index (χ1) is 8.77. The monoisotopic (exact) mass is 273 g/mol. The fourth-order valence-corrected chi connectivity index (χ4v) is 1.42. The average molecular weight is 273 g/mol. The smallest absolute Gasteiger partial charge is 0.326 e. The second-order valence-electron chi connectivity index (χ2n) is 4.68. The highest BCUT2D eigenvalue weighted by Crippen LogP contribution is 1.97. The third-order valence-electron chi connectivity index (χ3n) is 2.35. The number of carbonyl (C=O) groups is 3. The van der Waals surface area contributed by atoms with E-state index in [1.165, 1.54) is 6.92 Å². The zero-order valence-electron chi connectivity index (χ0n) is 11.8. The Morgan fingerprint density at radius 3 is 2.05 bits per heavy atom. The van der Waals surface area contributed by atoms with Gasteiger partial charge < -0.3 is 21.1 Å². The van der Waals surface area contributed by atoms with Crippen LogP contribution in [0.1, 0.15) is 40.5 Å². The lowest BCUT2D eigenvalue weighted by molar-refractivity contribution is -0.139. The van der Waals surface area contributed by atoms with Crippen molar-refractivity contribution in [1.82, 2.24) is 16.0 Å². The lowest BCUT2D eigenvalue weighted by Crippen LogP contribution is -2.53. The van der Waals surface area contributed by atoms with E-state index in [4.69, 9.17) is 5.11 Å². The average Bonchev–Trinajstić information content (AvgIpc) is 2.27. The van der Waals surface area contributed by atoms with Crippen molar-refractivity contribution in [2.75, 3.05) is 0 Å². The van der Waals surface area contributed by atoms with Crippen molar-refractivity contribution in [3.8, 4) is 0 Å². The molecule has 0 spiro atoms. The molecule has 0 aromatic rings. The van der Waals surface area contributed by atoms with E-state index in [2.05, 4.69) is 16.0 Å². The molecule has 0 rings (SSSR count). The van der Waals surface area contributed by atoms with E-state index in [-0.39, 0.29) is 11.9 Å². The van der Waals surface area contributed by atoms with E-state index in [0.29, 0.717) is 12.8 Å². The van der Waals surface area contributed by atoms with E-state index in [9.17, 15) is 14.4 Å². The van der Waals surface area contributed by atoms with Gasteiger partial charge in [0.1, 0.15) is 12.1 Å². The van der Waals surface area contributed by atoms with Gasteiger partial charge in [-0.05, 0) is 27.2 Å². The van der Waals surface area contributed by atoms with Gasteiger partial charge in [-0.2, -0.15) is 0 Å². The van der Waals surface area contributed by atoms with Crippen LogP contribution in [0.2, 0.25) is 0 Å². The van der Waals surface area contributed by atoms with Crippen LogP contribution >= 0.6 is 0 Å². The maximum atomic E-state index is 11.6. The van der Waals surface area contributed by atoms with Crippen LogP contribution in [0.5, 0.6) is 0 Å². The number of nitrogens with one attached hydrogen (secondary N) is 3. The number of rotatable bonds is 7. The van der Waals surface area contributed by atoms with Gasteiger partial charge in [0.05, 0.1) is 0 Å². The molecule has 0 heterocycles. The molecule has 0 saturated carbocycles. The van der Waals surface area contributed by atoms with Crippen molar-refractivity contribution in [3.63, 3.8) is 0 Å². The van der Waals surface area contributed by atoms with E-state index in [1.807, 2.05) is 20.8 Å². The Morgan fingerprint density at radius 2 is 1.63 bits per heavy atom. The molecular formula is C12H23N3O4. The third-order valence-corrected chi connectivity index (χ3v) is 2.35. The molecule has 19 heavy (non-hydrogen) atoms. The summed E-state index contributed by atoms with van der Waals surface area (Å²) in [5.41, 5.74) is 0. The molecule has 0 aromatic carbocycles. The molecule has 2 atom stereocenters. The molecule has 7 heteroatoms. The number of hydrogen-bond donors (Lipinski definition) is 4. The summed E-state index contributed by atoms with van der Waals surface area (Å²) in [7, 11) is 0. The van der Waals surface area contributed by atoms with Crippen molar-refractivity contribution >= 4 is 17.9 Å². The van der Waals surface area contributed by atoms with Gasteiger partial charge in [-0.15, -0.1) is 0 Å². The number of amides is 3. The summed E-state index contributed by atoms with van der Waals surface area (Å²) in [6.45, 7) is 6.99. The zero-order chi connectivity index (χ0) is 15.0. The third kappa shape index (κ3) is 7.28. The van der Waals surface area contributed by atoms with Crippen LogP contribution in [0.15, 0.2) is 0 Å². The number of aliphatic carboxylic acids is 1. The van der Waals surface area contributed by atoms with E-state index in [0.717, 1.165) is 0 Å². The van der Waals surface area contributed by atoms with Crippen LogP contribution in [-0.2, 0) is 9.59 Å². The Kier molecular flexibility index (Phi) is 7.55. The van der Waals surface area contributed by atoms with Gasteiger partial charge in [-0.25, -0.2) is 9.59 Å². The fraction of sp³-hybridized carbons (Fsp3) is 0.750. The second kappa shape index (κ2) is 8.34. The summed E-state index contributed by atoms with van der Waals surface area (Å²) in [6.07, 6.45) is 0.982.